The van der Waals surface area contributed by atoms with Crippen molar-refractivity contribution >= 4 is 16.8 Å². The summed E-state index contributed by atoms with van der Waals surface area (Å²) in [6, 6.07) is 4.82. The van der Waals surface area contributed by atoms with Gasteiger partial charge in [0.2, 0.25) is 11.7 Å². The molecular formula is C20H15F2N5O2. The highest BCUT2D eigenvalue weighted by atomic mass is 19.2. The van der Waals surface area contributed by atoms with Gasteiger partial charge in [-0.2, -0.15) is 5.26 Å². The normalized spacial score (nSPS) is 15.5. The molecule has 1 saturated carbocycles. The first kappa shape index (κ1) is 18.7. The molecule has 1 atom stereocenters. The first-order valence-electron chi connectivity index (χ1n) is 8.90. The van der Waals surface area contributed by atoms with E-state index < -0.39 is 34.6 Å². The zero-order valence-electron chi connectivity index (χ0n) is 15.3. The average Bonchev–Trinajstić information content (AvgIpc) is 3.52. The summed E-state index contributed by atoms with van der Waals surface area (Å²) in [4.78, 5) is 35.8. The fourth-order valence-corrected chi connectivity index (χ4v) is 3.35. The summed E-state index contributed by atoms with van der Waals surface area (Å²) in [6.07, 6.45) is 3.72. The van der Waals surface area contributed by atoms with Gasteiger partial charge in [0, 0.05) is 28.9 Å². The van der Waals surface area contributed by atoms with Crippen molar-refractivity contribution in [1.82, 2.24) is 20.3 Å². The lowest BCUT2D eigenvalue weighted by molar-refractivity contribution is -0.124. The third-order valence-corrected chi connectivity index (χ3v) is 5.23. The third-order valence-electron chi connectivity index (χ3n) is 5.23. The smallest absolute Gasteiger partial charge is 0.252 e. The molecule has 0 bridgehead atoms. The van der Waals surface area contributed by atoms with Crippen LogP contribution >= 0.6 is 0 Å². The average molecular weight is 395 g/mol. The number of hydrogen-bond acceptors (Lipinski definition) is 5. The number of amides is 1. The van der Waals surface area contributed by atoms with Crippen LogP contribution in [0.15, 0.2) is 35.4 Å². The highest BCUT2D eigenvalue weighted by Gasteiger charge is 2.53. The second-order valence-corrected chi connectivity index (χ2v) is 7.06. The van der Waals surface area contributed by atoms with Gasteiger partial charge in [0.25, 0.3) is 5.56 Å². The molecule has 9 heteroatoms. The molecule has 0 unspecified atom stereocenters. The monoisotopic (exact) mass is 395 g/mol. The Morgan fingerprint density at radius 1 is 1.31 bits per heavy atom. The molecule has 3 aromatic rings. The minimum atomic E-state index is -1.09. The van der Waals surface area contributed by atoms with Gasteiger partial charge < -0.3 is 10.3 Å². The van der Waals surface area contributed by atoms with Crippen LogP contribution in [-0.2, 0) is 10.2 Å². The topological polar surface area (TPSA) is 112 Å². The molecule has 29 heavy (non-hydrogen) atoms. The summed E-state index contributed by atoms with van der Waals surface area (Å²) in [6.45, 7) is 1.72. The number of halogens is 2. The number of nitriles is 1. The van der Waals surface area contributed by atoms with Gasteiger partial charge in [-0.05, 0) is 38.0 Å². The van der Waals surface area contributed by atoms with Crippen LogP contribution in [0.3, 0.4) is 0 Å². The van der Waals surface area contributed by atoms with Gasteiger partial charge in [0.05, 0.1) is 17.0 Å². The Hall–Kier alpha value is -3.67. The maximum atomic E-state index is 14.2. The number of nitrogens with one attached hydrogen (secondary N) is 2. The molecule has 0 saturated heterocycles. The molecule has 1 aliphatic rings. The number of benzene rings is 1. The number of carbonyl (C=O) groups is 1. The maximum Gasteiger partial charge on any atom is 0.252 e. The fraction of sp³-hybridized carbons (Fsp3) is 0.250. The number of fused-ring (bicyclic) bond motifs is 1. The van der Waals surface area contributed by atoms with Crippen LogP contribution < -0.4 is 10.9 Å². The number of pyridine rings is 1. The summed E-state index contributed by atoms with van der Waals surface area (Å²) in [5.74, 6) is -2.47. The van der Waals surface area contributed by atoms with Gasteiger partial charge in [-0.3, -0.25) is 9.59 Å². The van der Waals surface area contributed by atoms with E-state index in [-0.39, 0.29) is 22.3 Å². The van der Waals surface area contributed by atoms with E-state index in [1.807, 2.05) is 6.07 Å². The van der Waals surface area contributed by atoms with E-state index in [2.05, 4.69) is 20.3 Å². The quantitative estimate of drug-likeness (QED) is 0.705. The van der Waals surface area contributed by atoms with Gasteiger partial charge in [0.1, 0.15) is 6.07 Å². The first-order valence-corrected chi connectivity index (χ1v) is 8.90. The SMILES string of the molecule is C[C@@H](NC(=O)C1(c2cc3c(F)c(F)ccc3[nH]c2=O)CC1)c1cnc(C#N)nc1. The largest absolute Gasteiger partial charge is 0.349 e. The first-order chi connectivity index (χ1) is 13.9. The van der Waals surface area contributed by atoms with Crippen molar-refractivity contribution in [2.24, 2.45) is 0 Å². The zero-order chi connectivity index (χ0) is 20.8. The highest BCUT2D eigenvalue weighted by Crippen LogP contribution is 2.48. The molecular weight excluding hydrogens is 380 g/mol. The highest BCUT2D eigenvalue weighted by molar-refractivity contribution is 5.93. The summed E-state index contributed by atoms with van der Waals surface area (Å²) in [5, 5.41) is 11.5. The molecule has 1 amide bonds. The van der Waals surface area contributed by atoms with Crippen molar-refractivity contribution in [2.75, 3.05) is 0 Å². The van der Waals surface area contributed by atoms with E-state index in [0.29, 0.717) is 18.4 Å². The molecule has 4 rings (SSSR count). The van der Waals surface area contributed by atoms with Crippen LogP contribution in [0.25, 0.3) is 10.9 Å². The Morgan fingerprint density at radius 3 is 2.62 bits per heavy atom. The molecule has 0 spiro atoms. The predicted octanol–water partition coefficient (Wildman–Crippen LogP) is 2.38. The Kier molecular flexibility index (Phi) is 4.34. The van der Waals surface area contributed by atoms with Crippen molar-refractivity contribution in [1.29, 1.82) is 5.26 Å². The Morgan fingerprint density at radius 2 is 2.00 bits per heavy atom. The second kappa shape index (κ2) is 6.74. The van der Waals surface area contributed by atoms with E-state index >= 15 is 0 Å². The van der Waals surface area contributed by atoms with Gasteiger partial charge in [-0.25, -0.2) is 18.7 Å². The zero-order valence-corrected chi connectivity index (χ0v) is 15.3. The number of aromatic nitrogens is 3. The predicted molar refractivity (Wildman–Crippen MR) is 98.7 cm³/mol. The molecule has 2 N–H and O–H groups in total. The van der Waals surface area contributed by atoms with Crippen LogP contribution in [0.4, 0.5) is 8.78 Å². The number of rotatable bonds is 4. The standard InChI is InChI=1S/C20H15F2N5O2/c1-10(11-8-24-16(7-23)25-9-11)26-19(29)20(4-5-20)13-6-12-15(27-18(13)28)3-2-14(21)17(12)22/h2-3,6,8-10H,4-5H2,1H3,(H,26,29)(H,27,28)/t10-/m1/s1. The van der Waals surface area contributed by atoms with Crippen molar-refractivity contribution < 1.29 is 13.6 Å². The second-order valence-electron chi connectivity index (χ2n) is 7.06. The third kappa shape index (κ3) is 3.12. The Bertz CT molecular complexity index is 1230. The minimum Gasteiger partial charge on any atom is -0.349 e. The van der Waals surface area contributed by atoms with Crippen LogP contribution in [0.2, 0.25) is 0 Å². The molecule has 2 aromatic heterocycles. The van der Waals surface area contributed by atoms with Gasteiger partial charge in [-0.15, -0.1) is 0 Å². The minimum absolute atomic E-state index is 0.0166. The molecule has 1 fully saturated rings. The fourth-order valence-electron chi connectivity index (χ4n) is 3.35. The summed E-state index contributed by atoms with van der Waals surface area (Å²) < 4.78 is 27.8. The molecule has 1 aliphatic carbocycles. The molecule has 2 heterocycles. The lowest BCUT2D eigenvalue weighted by Gasteiger charge is -2.20. The number of hydrogen-bond donors (Lipinski definition) is 2. The molecule has 7 nitrogen and oxygen atoms in total. The number of carbonyl (C=O) groups excluding carboxylic acids is 1. The lowest BCUT2D eigenvalue weighted by atomic mass is 9.94. The summed E-state index contributed by atoms with van der Waals surface area (Å²) in [5.41, 5.74) is -0.742. The van der Waals surface area contributed by atoms with E-state index in [1.54, 1.807) is 6.92 Å². The Labute approximate surface area is 163 Å². The van der Waals surface area contributed by atoms with E-state index in [1.165, 1.54) is 24.5 Å². The van der Waals surface area contributed by atoms with Gasteiger partial charge >= 0.3 is 0 Å². The van der Waals surface area contributed by atoms with Crippen molar-refractivity contribution in [3.05, 3.63) is 69.5 Å². The van der Waals surface area contributed by atoms with Gasteiger partial charge in [-0.1, -0.05) is 0 Å². The van der Waals surface area contributed by atoms with E-state index in [0.717, 1.165) is 6.07 Å². The molecule has 0 radical (unpaired) electrons. The van der Waals surface area contributed by atoms with Crippen molar-refractivity contribution in [3.8, 4) is 6.07 Å². The molecule has 0 aliphatic heterocycles. The Balaban J connectivity index is 1.65. The maximum absolute atomic E-state index is 14.2. The number of aromatic amines is 1. The van der Waals surface area contributed by atoms with Crippen LogP contribution in [-0.4, -0.2) is 20.9 Å². The van der Waals surface area contributed by atoms with E-state index in [9.17, 15) is 18.4 Å². The lowest BCUT2D eigenvalue weighted by Crippen LogP contribution is -2.39. The van der Waals surface area contributed by atoms with Crippen molar-refractivity contribution in [3.63, 3.8) is 0 Å². The summed E-state index contributed by atoms with van der Waals surface area (Å²) in [7, 11) is 0. The van der Waals surface area contributed by atoms with Crippen LogP contribution in [0, 0.1) is 23.0 Å². The summed E-state index contributed by atoms with van der Waals surface area (Å²) >= 11 is 0. The van der Waals surface area contributed by atoms with Crippen LogP contribution in [0.1, 0.15) is 42.8 Å². The van der Waals surface area contributed by atoms with Gasteiger partial charge in [0.15, 0.2) is 11.6 Å². The van der Waals surface area contributed by atoms with E-state index in [4.69, 9.17) is 5.26 Å². The van der Waals surface area contributed by atoms with Crippen LogP contribution in [0.5, 0.6) is 0 Å². The number of nitrogens with zero attached hydrogens (tertiary/aromatic N) is 3. The molecule has 146 valence electrons. The van der Waals surface area contributed by atoms with Crippen molar-refractivity contribution in [2.45, 2.75) is 31.2 Å². The molecule has 1 aromatic carbocycles. The number of H-pyrrole nitrogens is 1.